The smallest absolute Gasteiger partial charge is 0.355 e. The molecule has 5 atom stereocenters. The van der Waals surface area contributed by atoms with Crippen molar-refractivity contribution in [1.82, 2.24) is 19.7 Å². The van der Waals surface area contributed by atoms with Crippen molar-refractivity contribution >= 4 is 44.4 Å². The minimum absolute atomic E-state index is 0.00999. The summed E-state index contributed by atoms with van der Waals surface area (Å²) in [5, 5.41) is 19.0. The fourth-order valence-electron chi connectivity index (χ4n) is 12.1. The van der Waals surface area contributed by atoms with Crippen LogP contribution in [-0.4, -0.2) is 56.0 Å². The molecule has 10 nitrogen and oxygen atoms in total. The van der Waals surface area contributed by atoms with Crippen molar-refractivity contribution in [3.63, 3.8) is 0 Å². The number of thiazole rings is 1. The Hall–Kier alpha value is -4.61. The Morgan fingerprint density at radius 3 is 2.66 bits per heavy atom. The zero-order valence-electron chi connectivity index (χ0n) is 30.7. The van der Waals surface area contributed by atoms with E-state index in [1.807, 2.05) is 61.8 Å². The lowest BCUT2D eigenvalue weighted by Crippen LogP contribution is -2.61. The van der Waals surface area contributed by atoms with Crippen molar-refractivity contribution in [2.75, 3.05) is 23.9 Å². The first-order chi connectivity index (χ1) is 25.4. The Balaban J connectivity index is 0.928. The Kier molecular flexibility index (Phi) is 6.98. The van der Waals surface area contributed by atoms with Gasteiger partial charge in [0.2, 0.25) is 0 Å². The summed E-state index contributed by atoms with van der Waals surface area (Å²) >= 11 is 1.45. The predicted octanol–water partition coefficient (Wildman–Crippen LogP) is 8.06. The number of hydrogen-bond acceptors (Lipinski definition) is 8. The summed E-state index contributed by atoms with van der Waals surface area (Å²) in [5.74, 6) is 0.00792. The quantitative estimate of drug-likeness (QED) is 0.165. The van der Waals surface area contributed by atoms with E-state index in [-0.39, 0.29) is 22.6 Å². The van der Waals surface area contributed by atoms with Gasteiger partial charge in [-0.2, -0.15) is 5.10 Å². The molecular formula is C42H44N6O4S. The number of nitrogens with one attached hydrogen (secondary N) is 1. The number of ether oxygens (including phenoxy) is 1. The molecule has 4 heterocycles. The van der Waals surface area contributed by atoms with Gasteiger partial charge in [-0.3, -0.25) is 14.8 Å². The van der Waals surface area contributed by atoms with E-state index in [4.69, 9.17) is 14.8 Å². The minimum Gasteiger partial charge on any atom is -0.476 e. The Morgan fingerprint density at radius 2 is 1.85 bits per heavy atom. The van der Waals surface area contributed by atoms with Gasteiger partial charge >= 0.3 is 5.97 Å². The van der Waals surface area contributed by atoms with Crippen LogP contribution in [0.4, 0.5) is 10.9 Å². The van der Waals surface area contributed by atoms with Gasteiger partial charge < -0.3 is 14.7 Å². The molecule has 5 saturated carbocycles. The lowest BCUT2D eigenvalue weighted by atomic mass is 9.43. The highest BCUT2D eigenvalue weighted by Crippen LogP contribution is 2.84. The molecule has 0 saturated heterocycles. The zero-order chi connectivity index (χ0) is 36.5. The normalized spacial score (nSPS) is 29.3. The van der Waals surface area contributed by atoms with Gasteiger partial charge in [0.05, 0.1) is 22.0 Å². The maximum atomic E-state index is 13.7. The average Bonchev–Trinajstić information content (AvgIpc) is 3.50. The molecule has 11 heteroatoms. The van der Waals surface area contributed by atoms with Crippen LogP contribution in [0.25, 0.3) is 21.3 Å². The number of amides is 1. The number of aryl methyl sites for hydroxylation is 1. The lowest BCUT2D eigenvalue weighted by molar-refractivity contribution is -0.215. The maximum Gasteiger partial charge on any atom is 0.355 e. The van der Waals surface area contributed by atoms with Crippen LogP contribution in [0.15, 0.2) is 54.7 Å². The average molecular weight is 729 g/mol. The van der Waals surface area contributed by atoms with E-state index >= 15 is 0 Å². The number of methoxy groups -OCH3 is 1. The van der Waals surface area contributed by atoms with E-state index < -0.39 is 5.97 Å². The number of carboxylic acids is 1. The number of rotatable bonds is 8. The molecule has 3 aromatic heterocycles. The molecule has 2 N–H and O–H groups in total. The number of aromatic carboxylic acids is 1. The molecule has 11 rings (SSSR count). The van der Waals surface area contributed by atoms with E-state index in [9.17, 15) is 14.7 Å². The maximum absolute atomic E-state index is 13.7. The van der Waals surface area contributed by atoms with Gasteiger partial charge in [-0.05, 0) is 128 Å². The number of fused-ring (bicyclic) bond motifs is 2. The van der Waals surface area contributed by atoms with Gasteiger partial charge in [0.25, 0.3) is 5.91 Å². The topological polar surface area (TPSA) is 122 Å². The van der Waals surface area contributed by atoms with Crippen molar-refractivity contribution in [2.45, 2.75) is 84.4 Å². The molecule has 1 spiro atoms. The molecule has 0 radical (unpaired) electrons. The van der Waals surface area contributed by atoms with Crippen LogP contribution >= 0.6 is 11.3 Å². The van der Waals surface area contributed by atoms with Gasteiger partial charge in [0, 0.05) is 49.1 Å². The number of carboxylic acid groups (broad SMARTS) is 1. The molecule has 6 aliphatic rings. The second-order valence-electron chi connectivity index (χ2n) is 17.2. The van der Waals surface area contributed by atoms with E-state index in [0.717, 1.165) is 57.6 Å². The molecular weight excluding hydrogens is 685 g/mol. The van der Waals surface area contributed by atoms with Crippen LogP contribution < -0.4 is 10.2 Å². The van der Waals surface area contributed by atoms with E-state index in [0.29, 0.717) is 58.3 Å². The Labute approximate surface area is 312 Å². The Bertz CT molecular complexity index is 2340. The molecule has 2 aromatic carbocycles. The number of aromatic nitrogens is 4. The lowest BCUT2D eigenvalue weighted by Gasteiger charge is -2.65. The van der Waals surface area contributed by atoms with Gasteiger partial charge in [0.1, 0.15) is 5.82 Å². The molecule has 272 valence electrons. The summed E-state index contributed by atoms with van der Waals surface area (Å²) in [6, 6.07) is 15.5. The molecule has 1 amide bonds. The molecule has 5 aromatic rings. The number of para-hydroxylation sites is 1. The summed E-state index contributed by atoms with van der Waals surface area (Å²) in [6.07, 6.45) is 9.78. The van der Waals surface area contributed by atoms with Gasteiger partial charge in [-0.25, -0.2) is 14.8 Å². The van der Waals surface area contributed by atoms with Crippen molar-refractivity contribution in [2.24, 2.45) is 22.2 Å². The monoisotopic (exact) mass is 728 g/mol. The van der Waals surface area contributed by atoms with Crippen molar-refractivity contribution in [1.29, 1.82) is 0 Å². The zero-order valence-corrected chi connectivity index (χ0v) is 31.5. The predicted molar refractivity (Wildman–Crippen MR) is 205 cm³/mol. The second-order valence-corrected chi connectivity index (χ2v) is 18.3. The summed E-state index contributed by atoms with van der Waals surface area (Å²) in [4.78, 5) is 38.0. The number of hydrogen-bond donors (Lipinski definition) is 2. The molecule has 5 unspecified atom stereocenters. The molecule has 4 bridgehead atoms. The highest BCUT2D eigenvalue weighted by molar-refractivity contribution is 7.22. The van der Waals surface area contributed by atoms with Gasteiger partial charge in [-0.1, -0.05) is 36.5 Å². The highest BCUT2D eigenvalue weighted by Gasteiger charge is 2.78. The number of nitrogens with zero attached hydrogens (tertiary/aromatic N) is 5. The third-order valence-electron chi connectivity index (χ3n) is 13.7. The van der Waals surface area contributed by atoms with Crippen LogP contribution in [0.3, 0.4) is 0 Å². The van der Waals surface area contributed by atoms with E-state index in [1.54, 1.807) is 0 Å². The van der Waals surface area contributed by atoms with Crippen LogP contribution in [-0.2, 0) is 24.2 Å². The number of carbonyl (C=O) groups excluding carboxylic acids is 1. The number of pyridine rings is 1. The first kappa shape index (κ1) is 33.0. The number of carbonyl (C=O) groups is 2. The van der Waals surface area contributed by atoms with Gasteiger partial charge in [0.15, 0.2) is 10.8 Å². The number of benzene rings is 2. The standard InChI is InChI=1S/C42H44N6O4S/c1-24-9-10-28(36(49)46-38-44-31-7-5-6-8-32(31)53-38)30-17-47(14-13-26(24)30)34-12-11-27(35(45-34)37(50)51)29-16-43-48(25(29)2)23-41-19-39(3)18-40(15-33(40)41)21-42(20-39,22-41)52-4/h5-12,16,33H,13-15,17-23H2,1-4H3,(H,50,51)(H,44,46,49). The summed E-state index contributed by atoms with van der Waals surface area (Å²) in [7, 11) is 1.91. The van der Waals surface area contributed by atoms with Crippen molar-refractivity contribution < 1.29 is 19.4 Å². The fourth-order valence-corrected chi connectivity index (χ4v) is 12.9. The summed E-state index contributed by atoms with van der Waals surface area (Å²) < 4.78 is 9.47. The second kappa shape index (κ2) is 11.2. The van der Waals surface area contributed by atoms with E-state index in [2.05, 4.69) is 40.7 Å². The van der Waals surface area contributed by atoms with Crippen LogP contribution in [0.1, 0.15) is 88.7 Å². The third-order valence-corrected chi connectivity index (χ3v) is 14.6. The molecule has 1 aliphatic heterocycles. The number of anilines is 2. The summed E-state index contributed by atoms with van der Waals surface area (Å²) in [5.41, 5.74) is 7.85. The van der Waals surface area contributed by atoms with Crippen LogP contribution in [0.5, 0.6) is 0 Å². The molecule has 5 aliphatic carbocycles. The van der Waals surface area contributed by atoms with Crippen molar-refractivity contribution in [3.05, 3.63) is 88.4 Å². The fraction of sp³-hybridized carbons (Fsp3) is 0.452. The third kappa shape index (κ3) is 5.03. The van der Waals surface area contributed by atoms with Crippen LogP contribution in [0.2, 0.25) is 0 Å². The SMILES string of the molecule is COC12CC3(C)CC4(CC4C(Cn4ncc(-c5ccc(N6CCc7c(C)ccc(C(=O)Nc8nc9ccccc9s8)c7C6)nc5C(=O)O)c4C)(C3)C1)C2. The van der Waals surface area contributed by atoms with Crippen molar-refractivity contribution in [3.8, 4) is 11.1 Å². The molecule has 53 heavy (non-hydrogen) atoms. The van der Waals surface area contributed by atoms with Crippen LogP contribution in [0, 0.1) is 36.0 Å². The largest absolute Gasteiger partial charge is 0.476 e. The highest BCUT2D eigenvalue weighted by atomic mass is 32.1. The summed E-state index contributed by atoms with van der Waals surface area (Å²) in [6.45, 7) is 8.54. The van der Waals surface area contributed by atoms with E-state index in [1.165, 1.54) is 37.0 Å². The first-order valence-electron chi connectivity index (χ1n) is 18.8. The minimum atomic E-state index is -1.07. The van der Waals surface area contributed by atoms with Gasteiger partial charge in [-0.15, -0.1) is 0 Å². The Morgan fingerprint density at radius 1 is 1.00 bits per heavy atom. The first-order valence-corrected chi connectivity index (χ1v) is 19.6. The molecule has 5 fully saturated rings.